The van der Waals surface area contributed by atoms with E-state index in [1.807, 2.05) is 6.07 Å². The number of benzene rings is 1. The van der Waals surface area contributed by atoms with Crippen molar-refractivity contribution in [3.63, 3.8) is 0 Å². The van der Waals surface area contributed by atoms with E-state index in [1.54, 1.807) is 14.2 Å². The highest BCUT2D eigenvalue weighted by Crippen LogP contribution is 2.29. The van der Waals surface area contributed by atoms with Crippen molar-refractivity contribution in [2.24, 2.45) is 11.8 Å². The number of methoxy groups -OCH3 is 2. The fraction of sp³-hybridized carbons (Fsp3) is 0.647. The monoisotopic (exact) mass is 277 g/mol. The van der Waals surface area contributed by atoms with Crippen LogP contribution in [0.15, 0.2) is 18.2 Å². The Morgan fingerprint density at radius 3 is 2.00 bits per heavy atom. The summed E-state index contributed by atoms with van der Waals surface area (Å²) in [4.78, 5) is 0. The van der Waals surface area contributed by atoms with E-state index < -0.39 is 0 Å². The van der Waals surface area contributed by atoms with Gasteiger partial charge in [0, 0.05) is 18.7 Å². The van der Waals surface area contributed by atoms with Gasteiger partial charge in [0.1, 0.15) is 11.5 Å². The van der Waals surface area contributed by atoms with Crippen LogP contribution in [0.5, 0.6) is 11.5 Å². The topological polar surface area (TPSA) is 30.5 Å². The first kappa shape index (κ1) is 15.2. The van der Waals surface area contributed by atoms with Crippen LogP contribution in [0.1, 0.15) is 38.7 Å². The number of nitrogens with one attached hydrogen (secondary N) is 1. The van der Waals surface area contributed by atoms with Crippen molar-refractivity contribution in [2.45, 2.75) is 45.7 Å². The molecule has 0 spiro atoms. The molecule has 1 aromatic carbocycles. The Kier molecular flexibility index (Phi) is 5.30. The number of hydrogen-bond donors (Lipinski definition) is 1. The van der Waals surface area contributed by atoms with Crippen molar-refractivity contribution in [2.75, 3.05) is 14.2 Å². The molecule has 0 aromatic heterocycles. The quantitative estimate of drug-likeness (QED) is 0.891. The third kappa shape index (κ3) is 4.14. The van der Waals surface area contributed by atoms with E-state index in [9.17, 15) is 0 Å². The summed E-state index contributed by atoms with van der Waals surface area (Å²) in [6.45, 7) is 5.59. The van der Waals surface area contributed by atoms with Crippen molar-refractivity contribution in [3.05, 3.63) is 23.8 Å². The van der Waals surface area contributed by atoms with Gasteiger partial charge in [0.25, 0.3) is 0 Å². The second kappa shape index (κ2) is 6.98. The first-order valence-electron chi connectivity index (χ1n) is 7.56. The highest BCUT2D eigenvalue weighted by atomic mass is 16.5. The molecule has 1 aliphatic rings. The minimum absolute atomic E-state index is 0.631. The van der Waals surface area contributed by atoms with Gasteiger partial charge in [-0.2, -0.15) is 0 Å². The molecule has 0 aliphatic heterocycles. The molecule has 1 saturated carbocycles. The summed E-state index contributed by atoms with van der Waals surface area (Å²) < 4.78 is 10.6. The lowest BCUT2D eigenvalue weighted by molar-refractivity contribution is 0.238. The van der Waals surface area contributed by atoms with Crippen LogP contribution in [-0.4, -0.2) is 20.3 Å². The highest BCUT2D eigenvalue weighted by Gasteiger charge is 2.23. The summed E-state index contributed by atoms with van der Waals surface area (Å²) in [5, 5.41) is 3.69. The summed E-state index contributed by atoms with van der Waals surface area (Å²) in [5.74, 6) is 3.37. The van der Waals surface area contributed by atoms with Crippen LogP contribution in [0.4, 0.5) is 0 Å². The molecule has 2 unspecified atom stereocenters. The molecule has 0 saturated heterocycles. The molecule has 2 rings (SSSR count). The van der Waals surface area contributed by atoms with Gasteiger partial charge in [-0.05, 0) is 48.8 Å². The van der Waals surface area contributed by atoms with E-state index in [0.29, 0.717) is 6.04 Å². The molecule has 3 nitrogen and oxygen atoms in total. The zero-order valence-electron chi connectivity index (χ0n) is 13.1. The lowest BCUT2D eigenvalue weighted by atomic mass is 9.80. The van der Waals surface area contributed by atoms with Crippen molar-refractivity contribution in [1.82, 2.24) is 5.32 Å². The Balaban J connectivity index is 1.96. The SMILES string of the molecule is COc1cc(CNC2CC(C)CC(C)C2)cc(OC)c1. The number of ether oxygens (including phenoxy) is 2. The summed E-state index contributed by atoms with van der Waals surface area (Å²) in [6, 6.07) is 6.69. The van der Waals surface area contributed by atoms with Gasteiger partial charge in [-0.25, -0.2) is 0 Å². The van der Waals surface area contributed by atoms with Crippen molar-refractivity contribution in [1.29, 1.82) is 0 Å². The van der Waals surface area contributed by atoms with Crippen LogP contribution in [0.25, 0.3) is 0 Å². The smallest absolute Gasteiger partial charge is 0.122 e. The van der Waals surface area contributed by atoms with Crippen molar-refractivity contribution < 1.29 is 9.47 Å². The van der Waals surface area contributed by atoms with Crippen LogP contribution >= 0.6 is 0 Å². The Bertz CT molecular complexity index is 401. The molecule has 1 aliphatic carbocycles. The van der Waals surface area contributed by atoms with Gasteiger partial charge in [0.05, 0.1) is 14.2 Å². The molecule has 1 aromatic rings. The second-order valence-electron chi connectivity index (χ2n) is 6.22. The summed E-state index contributed by atoms with van der Waals surface area (Å²) in [6.07, 6.45) is 3.93. The molecule has 112 valence electrons. The molecular formula is C17H27NO2. The minimum atomic E-state index is 0.631. The van der Waals surface area contributed by atoms with Gasteiger partial charge in [-0.3, -0.25) is 0 Å². The first-order valence-corrected chi connectivity index (χ1v) is 7.56. The van der Waals surface area contributed by atoms with Crippen LogP contribution in [0.2, 0.25) is 0 Å². The van der Waals surface area contributed by atoms with E-state index in [2.05, 4.69) is 31.3 Å². The largest absolute Gasteiger partial charge is 0.497 e. The van der Waals surface area contributed by atoms with Crippen LogP contribution in [0.3, 0.4) is 0 Å². The maximum absolute atomic E-state index is 5.32. The molecule has 2 atom stereocenters. The summed E-state index contributed by atoms with van der Waals surface area (Å²) >= 11 is 0. The molecular weight excluding hydrogens is 250 g/mol. The maximum Gasteiger partial charge on any atom is 0.122 e. The van der Waals surface area contributed by atoms with Gasteiger partial charge in [0.15, 0.2) is 0 Å². The normalized spacial score (nSPS) is 26.3. The predicted octanol–water partition coefficient (Wildman–Crippen LogP) is 3.62. The molecule has 0 amide bonds. The van der Waals surface area contributed by atoms with Crippen LogP contribution < -0.4 is 14.8 Å². The van der Waals surface area contributed by atoms with Gasteiger partial charge < -0.3 is 14.8 Å². The first-order chi connectivity index (χ1) is 9.60. The van der Waals surface area contributed by atoms with E-state index >= 15 is 0 Å². The van der Waals surface area contributed by atoms with Crippen LogP contribution in [0, 0.1) is 11.8 Å². The summed E-state index contributed by atoms with van der Waals surface area (Å²) in [5.41, 5.74) is 1.21. The van der Waals surface area contributed by atoms with Gasteiger partial charge >= 0.3 is 0 Å². The molecule has 0 heterocycles. The summed E-state index contributed by atoms with van der Waals surface area (Å²) in [7, 11) is 3.38. The van der Waals surface area contributed by atoms with E-state index in [1.165, 1.54) is 24.8 Å². The standard InChI is InChI=1S/C17H27NO2/c1-12-5-13(2)7-15(6-12)18-11-14-8-16(19-3)10-17(9-14)20-4/h8-10,12-13,15,18H,5-7,11H2,1-4H3. The van der Waals surface area contributed by atoms with Gasteiger partial charge in [-0.1, -0.05) is 13.8 Å². The third-order valence-electron chi connectivity index (χ3n) is 4.18. The molecule has 0 radical (unpaired) electrons. The predicted molar refractivity (Wildman–Crippen MR) is 82.4 cm³/mol. The Hall–Kier alpha value is -1.22. The molecule has 1 N–H and O–H groups in total. The molecule has 20 heavy (non-hydrogen) atoms. The van der Waals surface area contributed by atoms with E-state index in [4.69, 9.17) is 9.47 Å². The highest BCUT2D eigenvalue weighted by molar-refractivity contribution is 5.38. The zero-order chi connectivity index (χ0) is 14.5. The average molecular weight is 277 g/mol. The number of rotatable bonds is 5. The Morgan fingerprint density at radius 1 is 0.950 bits per heavy atom. The molecule has 1 fully saturated rings. The third-order valence-corrected chi connectivity index (χ3v) is 4.18. The molecule has 3 heteroatoms. The van der Waals surface area contributed by atoms with E-state index in [0.717, 1.165) is 29.9 Å². The lowest BCUT2D eigenvalue weighted by Crippen LogP contribution is -2.35. The van der Waals surface area contributed by atoms with Crippen molar-refractivity contribution >= 4 is 0 Å². The van der Waals surface area contributed by atoms with Gasteiger partial charge in [0.2, 0.25) is 0 Å². The fourth-order valence-electron chi connectivity index (χ4n) is 3.34. The van der Waals surface area contributed by atoms with E-state index in [-0.39, 0.29) is 0 Å². The number of hydrogen-bond acceptors (Lipinski definition) is 3. The second-order valence-corrected chi connectivity index (χ2v) is 6.22. The lowest BCUT2D eigenvalue weighted by Gasteiger charge is -2.32. The van der Waals surface area contributed by atoms with Gasteiger partial charge in [-0.15, -0.1) is 0 Å². The Labute approximate surface area is 122 Å². The fourth-order valence-corrected chi connectivity index (χ4v) is 3.34. The minimum Gasteiger partial charge on any atom is -0.497 e. The Morgan fingerprint density at radius 2 is 1.50 bits per heavy atom. The molecule has 0 bridgehead atoms. The average Bonchev–Trinajstić information content (AvgIpc) is 2.43. The van der Waals surface area contributed by atoms with Crippen molar-refractivity contribution in [3.8, 4) is 11.5 Å². The van der Waals surface area contributed by atoms with Crippen LogP contribution in [-0.2, 0) is 6.54 Å². The maximum atomic E-state index is 5.32. The zero-order valence-corrected chi connectivity index (χ0v) is 13.1.